The maximum absolute atomic E-state index is 12.1. The van der Waals surface area contributed by atoms with Crippen LogP contribution in [0.5, 0.6) is 0 Å². The monoisotopic (exact) mass is 248 g/mol. The molecule has 98 valence electrons. The number of anilines is 1. The van der Waals surface area contributed by atoms with E-state index in [1.54, 1.807) is 17.0 Å². The number of nitrogens with two attached hydrogens (primary N) is 1. The van der Waals surface area contributed by atoms with Crippen LogP contribution in [0.4, 0.5) is 5.82 Å². The molecule has 2 unspecified atom stereocenters. The number of aromatic nitrogens is 2. The first kappa shape index (κ1) is 11.7. The fourth-order valence-corrected chi connectivity index (χ4v) is 2.73. The largest absolute Gasteiger partial charge is 0.365 e. The summed E-state index contributed by atoms with van der Waals surface area (Å²) in [5, 5.41) is 3.20. The molecule has 2 atom stereocenters. The predicted octanol–water partition coefficient (Wildman–Crippen LogP) is 1.12. The molecule has 3 N–H and O–H groups in total. The van der Waals surface area contributed by atoms with Gasteiger partial charge in [0.1, 0.15) is 0 Å². The van der Waals surface area contributed by atoms with Crippen molar-refractivity contribution in [1.82, 2.24) is 9.55 Å². The van der Waals surface area contributed by atoms with Gasteiger partial charge in [0.05, 0.1) is 0 Å². The molecule has 0 spiro atoms. The quantitative estimate of drug-likeness (QED) is 0.837. The first-order chi connectivity index (χ1) is 8.74. The number of hydrogen-bond donors (Lipinski definition) is 2. The third-order valence-electron chi connectivity index (χ3n) is 3.95. The lowest BCUT2D eigenvalue weighted by Crippen LogP contribution is -2.26. The van der Waals surface area contributed by atoms with E-state index in [1.807, 2.05) is 0 Å². The topological polar surface area (TPSA) is 72.9 Å². The molecule has 0 bridgehead atoms. The summed E-state index contributed by atoms with van der Waals surface area (Å²) < 4.78 is 1.80. The second-order valence-electron chi connectivity index (χ2n) is 5.54. The summed E-state index contributed by atoms with van der Waals surface area (Å²) in [5.74, 6) is 1.07. The molecule has 18 heavy (non-hydrogen) atoms. The van der Waals surface area contributed by atoms with Crippen LogP contribution >= 0.6 is 0 Å². The van der Waals surface area contributed by atoms with Gasteiger partial charge in [-0.3, -0.25) is 4.79 Å². The van der Waals surface area contributed by atoms with Crippen molar-refractivity contribution in [2.45, 2.75) is 44.2 Å². The van der Waals surface area contributed by atoms with Gasteiger partial charge >= 0.3 is 0 Å². The highest BCUT2D eigenvalue weighted by Crippen LogP contribution is 2.33. The van der Waals surface area contributed by atoms with Gasteiger partial charge in [0.2, 0.25) is 0 Å². The van der Waals surface area contributed by atoms with Crippen LogP contribution in [0.2, 0.25) is 0 Å². The Bertz CT molecular complexity index is 480. The molecule has 0 amide bonds. The molecule has 5 heteroatoms. The van der Waals surface area contributed by atoms with Crippen molar-refractivity contribution in [3.05, 3.63) is 22.7 Å². The molecular weight excluding hydrogens is 228 g/mol. The van der Waals surface area contributed by atoms with E-state index in [0.29, 0.717) is 23.8 Å². The van der Waals surface area contributed by atoms with Crippen molar-refractivity contribution in [3.63, 3.8) is 0 Å². The van der Waals surface area contributed by atoms with E-state index in [4.69, 9.17) is 5.73 Å². The summed E-state index contributed by atoms with van der Waals surface area (Å²) >= 11 is 0. The lowest BCUT2D eigenvalue weighted by Gasteiger charge is -2.12. The molecule has 2 fully saturated rings. The molecule has 2 saturated carbocycles. The predicted molar refractivity (Wildman–Crippen MR) is 70.6 cm³/mol. The SMILES string of the molecule is NC1CCC(CNc2nccn(C3CC3)c2=O)C1. The Morgan fingerprint density at radius 1 is 1.39 bits per heavy atom. The third-order valence-corrected chi connectivity index (χ3v) is 3.95. The van der Waals surface area contributed by atoms with Crippen LogP contribution in [-0.4, -0.2) is 22.1 Å². The minimum absolute atomic E-state index is 0.0160. The molecule has 0 radical (unpaired) electrons. The van der Waals surface area contributed by atoms with Gasteiger partial charge in [0.25, 0.3) is 5.56 Å². The maximum atomic E-state index is 12.1. The van der Waals surface area contributed by atoms with Crippen molar-refractivity contribution < 1.29 is 0 Å². The summed E-state index contributed by atoms with van der Waals surface area (Å²) in [6, 6.07) is 0.740. The van der Waals surface area contributed by atoms with Gasteiger partial charge in [-0.05, 0) is 38.0 Å². The molecular formula is C13H20N4O. The van der Waals surface area contributed by atoms with Crippen LogP contribution in [0.3, 0.4) is 0 Å². The van der Waals surface area contributed by atoms with E-state index in [2.05, 4.69) is 10.3 Å². The fourth-order valence-electron chi connectivity index (χ4n) is 2.73. The van der Waals surface area contributed by atoms with E-state index in [1.165, 1.54) is 0 Å². The number of rotatable bonds is 4. The van der Waals surface area contributed by atoms with Crippen molar-refractivity contribution in [3.8, 4) is 0 Å². The van der Waals surface area contributed by atoms with Gasteiger partial charge in [-0.15, -0.1) is 0 Å². The molecule has 1 heterocycles. The first-order valence-corrected chi connectivity index (χ1v) is 6.80. The smallest absolute Gasteiger partial charge is 0.293 e. The molecule has 0 saturated heterocycles. The second kappa shape index (κ2) is 4.72. The molecule has 0 aliphatic heterocycles. The highest BCUT2D eigenvalue weighted by Gasteiger charge is 2.26. The Morgan fingerprint density at radius 2 is 2.22 bits per heavy atom. The zero-order chi connectivity index (χ0) is 12.5. The normalized spacial score (nSPS) is 27.4. The molecule has 5 nitrogen and oxygen atoms in total. The highest BCUT2D eigenvalue weighted by molar-refractivity contribution is 5.31. The molecule has 3 rings (SSSR count). The third kappa shape index (κ3) is 2.41. The van der Waals surface area contributed by atoms with Crippen molar-refractivity contribution in [2.24, 2.45) is 11.7 Å². The van der Waals surface area contributed by atoms with E-state index in [9.17, 15) is 4.79 Å². The lowest BCUT2D eigenvalue weighted by atomic mass is 10.1. The van der Waals surface area contributed by atoms with Crippen LogP contribution in [0.15, 0.2) is 17.2 Å². The highest BCUT2D eigenvalue weighted by atomic mass is 16.1. The number of nitrogens with zero attached hydrogens (tertiary/aromatic N) is 2. The van der Waals surface area contributed by atoms with E-state index in [0.717, 1.165) is 38.6 Å². The standard InChI is InChI=1S/C13H20N4O/c14-10-2-1-9(7-10)8-16-12-13(18)17(6-5-15-12)11-3-4-11/h5-6,9-11H,1-4,7-8,14H2,(H,15,16). The summed E-state index contributed by atoms with van der Waals surface area (Å²) in [6.45, 7) is 0.810. The molecule has 1 aromatic heterocycles. The maximum Gasteiger partial charge on any atom is 0.293 e. The minimum atomic E-state index is 0.0160. The van der Waals surface area contributed by atoms with Gasteiger partial charge in [-0.2, -0.15) is 0 Å². The number of hydrogen-bond acceptors (Lipinski definition) is 4. The Kier molecular flexibility index (Phi) is 3.07. The molecule has 0 aromatic carbocycles. The molecule has 2 aliphatic rings. The van der Waals surface area contributed by atoms with E-state index in [-0.39, 0.29) is 5.56 Å². The first-order valence-electron chi connectivity index (χ1n) is 6.80. The van der Waals surface area contributed by atoms with Gasteiger partial charge < -0.3 is 15.6 Å². The van der Waals surface area contributed by atoms with Crippen molar-refractivity contribution >= 4 is 5.82 Å². The van der Waals surface area contributed by atoms with Crippen LogP contribution in [0, 0.1) is 5.92 Å². The average Bonchev–Trinajstić information content (AvgIpc) is 3.11. The van der Waals surface area contributed by atoms with Gasteiger partial charge in [-0.25, -0.2) is 4.98 Å². The summed E-state index contributed by atoms with van der Waals surface area (Å²) in [6.07, 6.45) is 9.02. The van der Waals surface area contributed by atoms with E-state index < -0.39 is 0 Å². The lowest BCUT2D eigenvalue weighted by molar-refractivity contribution is 0.563. The van der Waals surface area contributed by atoms with Gasteiger partial charge in [-0.1, -0.05) is 0 Å². The zero-order valence-corrected chi connectivity index (χ0v) is 10.5. The van der Waals surface area contributed by atoms with Crippen LogP contribution in [-0.2, 0) is 0 Å². The van der Waals surface area contributed by atoms with Crippen molar-refractivity contribution in [2.75, 3.05) is 11.9 Å². The van der Waals surface area contributed by atoms with Gasteiger partial charge in [0.15, 0.2) is 5.82 Å². The molecule has 2 aliphatic carbocycles. The number of nitrogens with one attached hydrogen (secondary N) is 1. The molecule has 1 aromatic rings. The van der Waals surface area contributed by atoms with Gasteiger partial charge in [0, 0.05) is 31.0 Å². The summed E-state index contributed by atoms with van der Waals surface area (Å²) in [7, 11) is 0. The Balaban J connectivity index is 1.65. The van der Waals surface area contributed by atoms with Crippen LogP contribution in [0.25, 0.3) is 0 Å². The Hall–Kier alpha value is -1.36. The second-order valence-corrected chi connectivity index (χ2v) is 5.54. The van der Waals surface area contributed by atoms with Crippen molar-refractivity contribution in [1.29, 1.82) is 0 Å². The average molecular weight is 248 g/mol. The minimum Gasteiger partial charge on any atom is -0.365 e. The Morgan fingerprint density at radius 3 is 2.89 bits per heavy atom. The summed E-state index contributed by atoms with van der Waals surface area (Å²) in [5.41, 5.74) is 5.90. The Labute approximate surface area is 106 Å². The van der Waals surface area contributed by atoms with E-state index >= 15 is 0 Å². The van der Waals surface area contributed by atoms with Crippen LogP contribution in [0.1, 0.15) is 38.1 Å². The fraction of sp³-hybridized carbons (Fsp3) is 0.692. The summed E-state index contributed by atoms with van der Waals surface area (Å²) in [4.78, 5) is 16.3. The van der Waals surface area contributed by atoms with Crippen LogP contribution < -0.4 is 16.6 Å². The zero-order valence-electron chi connectivity index (χ0n) is 10.5.